The summed E-state index contributed by atoms with van der Waals surface area (Å²) in [5.74, 6) is -4.42. The van der Waals surface area contributed by atoms with Crippen LogP contribution in [0.15, 0.2) is 30.9 Å². The number of hydrogen-bond acceptors (Lipinski definition) is 21. The Kier molecular flexibility index (Phi) is 18.6. The van der Waals surface area contributed by atoms with E-state index in [1.54, 1.807) is 53.5 Å². The number of ether oxygens (including phenoxy) is 8. The first-order valence-electron chi connectivity index (χ1n) is 26.3. The lowest BCUT2D eigenvalue weighted by atomic mass is 9.70. The molecule has 0 radical (unpaired) electrons. The van der Waals surface area contributed by atoms with Gasteiger partial charge >= 0.3 is 11.9 Å². The topological polar surface area (TPSA) is 263 Å². The normalized spacial score (nSPS) is 39.2. The molecule has 4 fully saturated rings. The summed E-state index contributed by atoms with van der Waals surface area (Å²) in [7, 11) is 6.84. The molecule has 0 bridgehead atoms. The number of methoxy groups -OCH3 is 2. The molecular weight excluding hydrogens is 989 g/mol. The number of hydrogen-bond donors (Lipinski definition) is 4. The van der Waals surface area contributed by atoms with Crippen LogP contribution in [-0.4, -0.2) is 175 Å². The minimum absolute atomic E-state index is 0.110. The minimum Gasteiger partial charge on any atom is -0.458 e. The second-order valence-electron chi connectivity index (χ2n) is 22.1. The first kappa shape index (κ1) is 58.6. The SMILES string of the molecule is CC[C@H]1OC(=O)[C@H](C)[C@@H](O[C@H]2C[C@@](C)(OC)[C@@H](O)[C@H](C)O2)[C@H](C)[C@@H](O[C@@H]2O[C@H](C)C[C@H](N(C)C)[C@H]2O)[C@](C)(OC)C[C@@H](C)C(=O)[C@H](C)[C@H]2[C@H](SCCn3cnc4c(N)nc(NCc5cccnc5)nc43)C(=O)O[C@@]21C. The largest absolute Gasteiger partial charge is 0.458 e. The molecule has 4 aliphatic heterocycles. The van der Waals surface area contributed by atoms with Crippen molar-refractivity contribution in [2.45, 2.75) is 191 Å². The zero-order valence-electron chi connectivity index (χ0n) is 46.1. The molecule has 0 aliphatic carbocycles. The number of nitrogens with zero attached hydrogens (tertiary/aromatic N) is 6. The number of esters is 2. The Morgan fingerprint density at radius 2 is 1.68 bits per heavy atom. The van der Waals surface area contributed by atoms with Gasteiger partial charge in [0.05, 0.1) is 47.9 Å². The number of thioether (sulfide) groups is 1. The number of imidazole rings is 1. The molecule has 418 valence electrons. The van der Waals surface area contributed by atoms with Crippen LogP contribution in [-0.2, 0) is 65.4 Å². The van der Waals surface area contributed by atoms with Gasteiger partial charge in [-0.3, -0.25) is 19.4 Å². The molecule has 7 heterocycles. The van der Waals surface area contributed by atoms with Crippen LogP contribution in [0.4, 0.5) is 11.8 Å². The molecule has 3 aromatic rings. The monoisotopic (exact) mass is 1070 g/mol. The number of aryl methyl sites for hydroxylation is 1. The Morgan fingerprint density at radius 3 is 2.33 bits per heavy atom. The summed E-state index contributed by atoms with van der Waals surface area (Å²) in [6.07, 6.45) is -2.09. The molecule has 21 nitrogen and oxygen atoms in total. The summed E-state index contributed by atoms with van der Waals surface area (Å²) in [6.45, 7) is 18.9. The van der Waals surface area contributed by atoms with E-state index in [4.69, 9.17) is 48.6 Å². The van der Waals surface area contributed by atoms with Gasteiger partial charge in [-0.1, -0.05) is 33.8 Å². The minimum atomic E-state index is -1.44. The van der Waals surface area contributed by atoms with Crippen LogP contribution in [0.2, 0.25) is 0 Å². The molecule has 0 unspecified atom stereocenters. The number of carbonyl (C=O) groups is 3. The highest BCUT2D eigenvalue weighted by Crippen LogP contribution is 2.49. The van der Waals surface area contributed by atoms with Gasteiger partial charge in [0.2, 0.25) is 5.95 Å². The second-order valence-corrected chi connectivity index (χ2v) is 23.4. The number of rotatable bonds is 15. The predicted octanol–water partition coefficient (Wildman–Crippen LogP) is 4.79. The van der Waals surface area contributed by atoms with E-state index in [0.717, 1.165) is 5.56 Å². The van der Waals surface area contributed by atoms with Crippen molar-refractivity contribution in [3.63, 3.8) is 0 Å². The van der Waals surface area contributed by atoms with Gasteiger partial charge in [0, 0.05) is 81.6 Å². The van der Waals surface area contributed by atoms with Crippen molar-refractivity contribution in [2.24, 2.45) is 29.6 Å². The smallest absolute Gasteiger partial charge is 0.320 e. The lowest BCUT2D eigenvalue weighted by molar-refractivity contribution is -0.319. The molecule has 3 aromatic heterocycles. The van der Waals surface area contributed by atoms with Gasteiger partial charge in [0.15, 0.2) is 29.6 Å². The maximum Gasteiger partial charge on any atom is 0.320 e. The molecular formula is C53H82N8O13S. The number of pyridine rings is 1. The molecule has 19 atom stereocenters. The van der Waals surface area contributed by atoms with Gasteiger partial charge in [0.1, 0.15) is 34.9 Å². The average molecular weight is 1070 g/mol. The predicted molar refractivity (Wildman–Crippen MR) is 280 cm³/mol. The van der Waals surface area contributed by atoms with Crippen LogP contribution in [0.5, 0.6) is 0 Å². The van der Waals surface area contributed by atoms with Crippen LogP contribution in [0.1, 0.15) is 100 Å². The maximum atomic E-state index is 15.3. The summed E-state index contributed by atoms with van der Waals surface area (Å²) < 4.78 is 53.8. The first-order valence-corrected chi connectivity index (χ1v) is 27.4. The van der Waals surface area contributed by atoms with E-state index in [1.165, 1.54) is 18.9 Å². The highest BCUT2D eigenvalue weighted by atomic mass is 32.2. The second kappa shape index (κ2) is 23.9. The Balaban J connectivity index is 1.23. The molecule has 0 saturated carbocycles. The maximum absolute atomic E-state index is 15.3. The van der Waals surface area contributed by atoms with Crippen LogP contribution in [0.25, 0.3) is 11.2 Å². The van der Waals surface area contributed by atoms with Crippen LogP contribution < -0.4 is 11.1 Å². The van der Waals surface area contributed by atoms with Crippen molar-refractivity contribution in [2.75, 3.05) is 45.1 Å². The summed E-state index contributed by atoms with van der Waals surface area (Å²) >= 11 is 1.35. The van der Waals surface area contributed by atoms with Crippen molar-refractivity contribution in [1.29, 1.82) is 0 Å². The fourth-order valence-electron chi connectivity index (χ4n) is 12.1. The summed E-state index contributed by atoms with van der Waals surface area (Å²) in [5, 5.41) is 25.4. The zero-order chi connectivity index (χ0) is 54.9. The van der Waals surface area contributed by atoms with Crippen molar-refractivity contribution in [3.8, 4) is 0 Å². The quantitative estimate of drug-likeness (QED) is 0.149. The third-order valence-electron chi connectivity index (χ3n) is 16.6. The number of Topliss-reactive ketones (excluding diaryl/α,β-unsaturated/α-hetero) is 1. The molecule has 7 rings (SSSR count). The number of likely N-dealkylation sites (N-methyl/N-ethyl adjacent to an activating group) is 1. The first-order chi connectivity index (χ1) is 35.4. The fraction of sp³-hybridized carbons (Fsp3) is 0.755. The van der Waals surface area contributed by atoms with Crippen molar-refractivity contribution in [3.05, 3.63) is 36.4 Å². The number of carbonyl (C=O) groups excluding carboxylic acids is 3. The lowest BCUT2D eigenvalue weighted by Crippen LogP contribution is -2.61. The van der Waals surface area contributed by atoms with E-state index in [0.29, 0.717) is 42.4 Å². The van der Waals surface area contributed by atoms with E-state index < -0.39 is 113 Å². The molecule has 4 aliphatic rings. The van der Waals surface area contributed by atoms with Gasteiger partial charge in [-0.25, -0.2) is 4.98 Å². The van der Waals surface area contributed by atoms with E-state index in [-0.39, 0.29) is 43.0 Å². The zero-order valence-corrected chi connectivity index (χ0v) is 46.9. The molecule has 0 amide bonds. The third-order valence-corrected chi connectivity index (χ3v) is 17.8. The number of nitrogen functional groups attached to an aromatic ring is 1. The molecule has 22 heteroatoms. The average Bonchev–Trinajstić information content (AvgIpc) is 3.91. The summed E-state index contributed by atoms with van der Waals surface area (Å²) in [6, 6.07) is 3.47. The summed E-state index contributed by atoms with van der Waals surface area (Å²) in [5.41, 5.74) is 4.43. The number of nitrogens with one attached hydrogen (secondary N) is 1. The highest BCUT2D eigenvalue weighted by molar-refractivity contribution is 8.00. The Bertz CT molecular complexity index is 2440. The number of aliphatic hydroxyl groups excluding tert-OH is 2. The van der Waals surface area contributed by atoms with Gasteiger partial charge < -0.3 is 68.6 Å². The van der Waals surface area contributed by atoms with Gasteiger partial charge in [0.25, 0.3) is 0 Å². The third kappa shape index (κ3) is 12.1. The molecule has 0 aromatic carbocycles. The number of nitrogens with two attached hydrogens (primary N) is 1. The number of anilines is 2. The number of fused-ring (bicyclic) bond motifs is 2. The molecule has 5 N–H and O–H groups in total. The van der Waals surface area contributed by atoms with E-state index in [2.05, 4.69) is 20.3 Å². The fourth-order valence-corrected chi connectivity index (χ4v) is 13.5. The Labute approximate surface area is 445 Å². The number of aliphatic hydroxyl groups is 2. The van der Waals surface area contributed by atoms with Crippen LogP contribution in [0.3, 0.4) is 0 Å². The highest BCUT2D eigenvalue weighted by Gasteiger charge is 2.62. The van der Waals surface area contributed by atoms with Crippen molar-refractivity contribution in [1.82, 2.24) is 29.4 Å². The lowest BCUT2D eigenvalue weighted by Gasteiger charge is -2.50. The standard InChI is InChI=1S/C53H82N8O13S/c1-15-35-53(10)37(42(48(66)74-53)75-20-19-61-26-57-38-45(54)58-50(59-46(38)61)56-25-33-17-16-18-55-24-33)29(4)39(62)27(2)22-52(9,68-14)44(73-49-40(63)34(60(11)12)21-28(3)69-49)30(5)41(31(6)47(65)71-35)72-36-23-51(8,67-13)43(64)32(7)70-36/h16-18,24,26-32,34-37,40-44,49,63-64H,15,19-23,25H2,1-14H3,(H3,54,56,58,59)/t27-,28-,29-,30+,31-,32+,34+,35-,36+,37+,40-,41+,42+,43+,44-,49+,51-,52-,53-/m1/s1. The Hall–Kier alpha value is -4.10. The van der Waals surface area contributed by atoms with Gasteiger partial charge in [-0.05, 0) is 86.5 Å². The van der Waals surface area contributed by atoms with E-state index in [9.17, 15) is 15.0 Å². The van der Waals surface area contributed by atoms with Crippen molar-refractivity contribution >= 4 is 52.4 Å². The molecule has 0 spiro atoms. The summed E-state index contributed by atoms with van der Waals surface area (Å²) in [4.78, 5) is 64.5. The number of aromatic nitrogens is 5. The van der Waals surface area contributed by atoms with Crippen molar-refractivity contribution < 1.29 is 62.5 Å². The van der Waals surface area contributed by atoms with Gasteiger partial charge in [-0.15, -0.1) is 11.8 Å². The van der Waals surface area contributed by atoms with Crippen LogP contribution >= 0.6 is 11.8 Å². The molecule has 4 saturated heterocycles. The molecule has 75 heavy (non-hydrogen) atoms. The number of cyclic esters (lactones) is 1. The van der Waals surface area contributed by atoms with Gasteiger partial charge in [-0.2, -0.15) is 9.97 Å². The Morgan fingerprint density at radius 1 is 0.960 bits per heavy atom. The van der Waals surface area contributed by atoms with E-state index >= 15 is 9.59 Å². The van der Waals surface area contributed by atoms with E-state index in [1.807, 2.05) is 77.2 Å². The number of ketones is 1. The van der Waals surface area contributed by atoms with Crippen LogP contribution in [0, 0.1) is 29.6 Å².